The Hall–Kier alpha value is -4.00. The van der Waals surface area contributed by atoms with E-state index in [0.717, 1.165) is 66.8 Å². The zero-order chi connectivity index (χ0) is 38.8. The lowest BCUT2D eigenvalue weighted by Gasteiger charge is -2.35. The van der Waals surface area contributed by atoms with Crippen molar-refractivity contribution in [2.24, 2.45) is 16.3 Å². The van der Waals surface area contributed by atoms with Crippen molar-refractivity contribution in [1.29, 1.82) is 0 Å². The van der Waals surface area contributed by atoms with Gasteiger partial charge in [-0.3, -0.25) is 19.2 Å². The molecule has 14 heteroatoms. The van der Waals surface area contributed by atoms with Gasteiger partial charge in [-0.05, 0) is 68.1 Å². The van der Waals surface area contributed by atoms with Crippen molar-refractivity contribution in [3.05, 3.63) is 51.5 Å². The molecular weight excluding hydrogens is 693 g/mol. The number of aromatic nitrogens is 1. The number of aryl methyl sites for hydroxylation is 1. The number of hydrogen-bond acceptors (Lipinski definition) is 9. The molecule has 3 rings (SSSR count). The van der Waals surface area contributed by atoms with Crippen LogP contribution in [0.15, 0.2) is 34.9 Å². The van der Waals surface area contributed by atoms with Crippen LogP contribution >= 0.6 is 11.3 Å². The number of amides is 3. The molecule has 4 N–H and O–H groups in total. The zero-order valence-corrected chi connectivity index (χ0v) is 33.1. The van der Waals surface area contributed by atoms with Crippen LogP contribution in [-0.4, -0.2) is 71.4 Å². The molecule has 1 aromatic heterocycles. The molecule has 1 fully saturated rings. The summed E-state index contributed by atoms with van der Waals surface area (Å²) >= 11 is 1.57. The third-order valence-corrected chi connectivity index (χ3v) is 10.6. The first-order chi connectivity index (χ1) is 25.3. The first kappa shape index (κ1) is 43.4. The molecule has 53 heavy (non-hydrogen) atoms. The van der Waals surface area contributed by atoms with Gasteiger partial charge in [0.2, 0.25) is 17.7 Å². The first-order valence-corrected chi connectivity index (χ1v) is 20.0. The fourth-order valence-electron chi connectivity index (χ4n) is 6.55. The number of nitrogens with one attached hydrogen (secondary N) is 2. The lowest BCUT2D eigenvalue weighted by molar-refractivity contribution is -0.149. The number of ether oxygens (including phenoxy) is 1. The Labute approximate surface area is 318 Å². The summed E-state index contributed by atoms with van der Waals surface area (Å²) in [5.74, 6) is -1.38. The molecule has 13 nitrogen and oxygen atoms in total. The van der Waals surface area contributed by atoms with E-state index in [9.17, 15) is 19.2 Å². The summed E-state index contributed by atoms with van der Waals surface area (Å²) in [6, 6.07) is 5.80. The van der Waals surface area contributed by atoms with Gasteiger partial charge < -0.3 is 26.0 Å². The maximum absolute atomic E-state index is 14.3. The van der Waals surface area contributed by atoms with Crippen LogP contribution in [0.5, 0.6) is 0 Å². The number of esters is 1. The van der Waals surface area contributed by atoms with Gasteiger partial charge in [-0.2, -0.15) is 0 Å². The number of likely N-dealkylation sites (tertiary alicyclic amines) is 1. The van der Waals surface area contributed by atoms with Gasteiger partial charge in [0.1, 0.15) is 18.2 Å². The fraction of sp³-hybridized carbons (Fsp3) is 0.667. The molecule has 0 spiro atoms. The molecule has 1 aromatic carbocycles. The van der Waals surface area contributed by atoms with Gasteiger partial charge in [-0.25, -0.2) is 4.98 Å². The highest BCUT2D eigenvalue weighted by atomic mass is 32.1. The van der Waals surface area contributed by atoms with Gasteiger partial charge in [0.15, 0.2) is 0 Å². The van der Waals surface area contributed by atoms with Gasteiger partial charge in [-0.1, -0.05) is 88.7 Å². The smallest absolute Gasteiger partial charge is 0.306 e. The van der Waals surface area contributed by atoms with Crippen LogP contribution in [0.2, 0.25) is 0 Å². The number of nitrogens with zero attached hydrogens (tertiary/aromatic N) is 5. The van der Waals surface area contributed by atoms with Crippen molar-refractivity contribution in [2.45, 2.75) is 142 Å². The molecule has 2 aromatic rings. The van der Waals surface area contributed by atoms with Gasteiger partial charge in [0.25, 0.3) is 0 Å². The fourth-order valence-corrected chi connectivity index (χ4v) is 7.36. The van der Waals surface area contributed by atoms with E-state index in [1.807, 2.05) is 64.4 Å². The van der Waals surface area contributed by atoms with Crippen LogP contribution in [0.3, 0.4) is 0 Å². The third kappa shape index (κ3) is 14.4. The van der Waals surface area contributed by atoms with E-state index in [1.165, 1.54) is 17.7 Å². The maximum Gasteiger partial charge on any atom is 0.306 e. The van der Waals surface area contributed by atoms with Crippen LogP contribution in [0.4, 0.5) is 0 Å². The second kappa shape index (κ2) is 22.3. The molecule has 4 atom stereocenters. The molecule has 2 heterocycles. The third-order valence-electron chi connectivity index (χ3n) is 9.65. The van der Waals surface area contributed by atoms with E-state index < -0.39 is 29.6 Å². The summed E-state index contributed by atoms with van der Waals surface area (Å²) in [7, 11) is 0. The highest BCUT2D eigenvalue weighted by Gasteiger charge is 2.46. The number of azide groups is 1. The number of thiazole rings is 1. The number of rotatable bonds is 22. The molecule has 292 valence electrons. The van der Waals surface area contributed by atoms with E-state index >= 15 is 0 Å². The zero-order valence-electron chi connectivity index (χ0n) is 32.3. The average Bonchev–Trinajstić information content (AvgIpc) is 3.75. The predicted octanol–water partition coefficient (Wildman–Crippen LogP) is 7.29. The standard InChI is InChI=1S/C39H60N8O5S/c1-27(29-18-20-30(21-19-29)35-28(2)42-26-53-35)44-37(50)32-24-31(52-34(49)17-13-15-23-43-46-41)25-47(32)38(51)36(39(3,4)5)45-33(48)16-12-10-8-6-7-9-11-14-22-40/h18-21,26-27,31-32,36H,6-17,22-25,40H2,1-5H3,(H,44,50)(H,45,48)/t27-,31?,32?,36?/m0/s1. The minimum Gasteiger partial charge on any atom is -0.460 e. The van der Waals surface area contributed by atoms with Crippen molar-refractivity contribution in [1.82, 2.24) is 20.5 Å². The summed E-state index contributed by atoms with van der Waals surface area (Å²) in [4.78, 5) is 63.8. The molecule has 3 amide bonds. The molecule has 0 bridgehead atoms. The summed E-state index contributed by atoms with van der Waals surface area (Å²) in [5, 5.41) is 9.56. The Morgan fingerprint density at radius 2 is 1.64 bits per heavy atom. The largest absolute Gasteiger partial charge is 0.460 e. The summed E-state index contributed by atoms with van der Waals surface area (Å²) in [5.41, 5.74) is 18.1. The van der Waals surface area contributed by atoms with Crippen LogP contribution in [0, 0.1) is 12.3 Å². The van der Waals surface area contributed by atoms with Gasteiger partial charge in [0.05, 0.1) is 28.7 Å². The summed E-state index contributed by atoms with van der Waals surface area (Å²) in [6.45, 7) is 10.6. The van der Waals surface area contributed by atoms with E-state index in [1.54, 1.807) is 11.3 Å². The van der Waals surface area contributed by atoms with E-state index in [2.05, 4.69) is 25.6 Å². The van der Waals surface area contributed by atoms with E-state index in [0.29, 0.717) is 25.8 Å². The molecule has 0 saturated carbocycles. The maximum atomic E-state index is 14.3. The number of carbonyl (C=O) groups excluding carboxylic acids is 4. The monoisotopic (exact) mass is 752 g/mol. The molecular formula is C39H60N8O5S. The van der Waals surface area contributed by atoms with Crippen molar-refractivity contribution in [2.75, 3.05) is 19.6 Å². The van der Waals surface area contributed by atoms with Gasteiger partial charge >= 0.3 is 5.97 Å². The van der Waals surface area contributed by atoms with Gasteiger partial charge in [0, 0.05) is 30.7 Å². The summed E-state index contributed by atoms with van der Waals surface area (Å²) in [6.07, 6.45) is 9.36. The minimum atomic E-state index is -0.904. The molecule has 1 saturated heterocycles. The Morgan fingerprint density at radius 1 is 1.00 bits per heavy atom. The molecule has 1 aliphatic rings. The van der Waals surface area contributed by atoms with Crippen molar-refractivity contribution < 1.29 is 23.9 Å². The van der Waals surface area contributed by atoms with Crippen molar-refractivity contribution in [3.8, 4) is 10.4 Å². The predicted molar refractivity (Wildman–Crippen MR) is 209 cm³/mol. The molecule has 0 aliphatic carbocycles. The lowest BCUT2D eigenvalue weighted by Crippen LogP contribution is -2.57. The van der Waals surface area contributed by atoms with Gasteiger partial charge in [-0.15, -0.1) is 11.3 Å². The Balaban J connectivity index is 1.69. The second-order valence-corrected chi connectivity index (χ2v) is 16.0. The van der Waals surface area contributed by atoms with Crippen LogP contribution in [0.1, 0.15) is 128 Å². The minimum absolute atomic E-state index is 0.0341. The quantitative estimate of drug-likeness (QED) is 0.0370. The Bertz CT molecular complexity index is 1520. The molecule has 1 aliphatic heterocycles. The van der Waals surface area contributed by atoms with E-state index in [-0.39, 0.29) is 43.1 Å². The SMILES string of the molecule is Cc1ncsc1-c1ccc([C@H](C)NC(=O)C2CC(OC(=O)CCCCN=[N+]=[N-])CN2C(=O)C(NC(=O)CCCCCCCCCCN)C(C)(C)C)cc1. The lowest BCUT2D eigenvalue weighted by atomic mass is 9.85. The molecule has 3 unspecified atom stereocenters. The van der Waals surface area contributed by atoms with Crippen LogP contribution < -0.4 is 16.4 Å². The number of benzene rings is 1. The number of hydrogen-bond donors (Lipinski definition) is 3. The second-order valence-electron chi connectivity index (χ2n) is 15.1. The average molecular weight is 753 g/mol. The normalized spacial score (nSPS) is 16.8. The number of nitrogens with two attached hydrogens (primary N) is 1. The number of carbonyl (C=O) groups is 4. The molecule has 0 radical (unpaired) electrons. The Morgan fingerprint density at radius 3 is 2.25 bits per heavy atom. The van der Waals surface area contributed by atoms with Crippen LogP contribution in [0.25, 0.3) is 20.9 Å². The van der Waals surface area contributed by atoms with Crippen LogP contribution in [-0.2, 0) is 23.9 Å². The topological polar surface area (TPSA) is 192 Å². The summed E-state index contributed by atoms with van der Waals surface area (Å²) < 4.78 is 5.77. The first-order valence-electron chi connectivity index (χ1n) is 19.2. The van der Waals surface area contributed by atoms with Crippen molar-refractivity contribution in [3.63, 3.8) is 0 Å². The highest BCUT2D eigenvalue weighted by Crippen LogP contribution is 2.30. The Kier molecular flexibility index (Phi) is 18.2. The highest BCUT2D eigenvalue weighted by molar-refractivity contribution is 7.13. The van der Waals surface area contributed by atoms with Crippen molar-refractivity contribution >= 4 is 35.0 Å². The number of unbranched alkanes of at least 4 members (excludes halogenated alkanes) is 8. The van der Waals surface area contributed by atoms with E-state index in [4.69, 9.17) is 16.0 Å².